The molecule has 2 N–H and O–H groups in total. The van der Waals surface area contributed by atoms with E-state index >= 15 is 0 Å². The molecule has 6 atom stereocenters. The second kappa shape index (κ2) is 8.92. The van der Waals surface area contributed by atoms with Gasteiger partial charge in [0.2, 0.25) is 6.10 Å². The van der Waals surface area contributed by atoms with Gasteiger partial charge < -0.3 is 24.4 Å². The quantitative estimate of drug-likeness (QED) is 0.287. The van der Waals surface area contributed by atoms with Gasteiger partial charge in [-0.05, 0) is 31.3 Å². The highest BCUT2D eigenvalue weighted by molar-refractivity contribution is 5.97. The van der Waals surface area contributed by atoms with Gasteiger partial charge in [0.25, 0.3) is 5.79 Å². The first-order valence-electron chi connectivity index (χ1n) is 10.2. The minimum Gasteiger partial charge on any atom is -0.458 e. The molecule has 0 spiro atoms. The third-order valence-corrected chi connectivity index (χ3v) is 5.41. The van der Waals surface area contributed by atoms with E-state index in [0.29, 0.717) is 0 Å². The average Bonchev–Trinajstić information content (AvgIpc) is 2.89. The van der Waals surface area contributed by atoms with Crippen molar-refractivity contribution in [1.29, 1.82) is 0 Å². The van der Waals surface area contributed by atoms with E-state index in [1.54, 1.807) is 20.8 Å². The summed E-state index contributed by atoms with van der Waals surface area (Å²) < 4.78 is 15.9. The molecule has 0 aromatic rings. The summed E-state index contributed by atoms with van der Waals surface area (Å²) in [5.41, 5.74) is -2.72. The largest absolute Gasteiger partial charge is 0.458 e. The molecule has 172 valence electrons. The van der Waals surface area contributed by atoms with Gasteiger partial charge in [-0.15, -0.1) is 0 Å². The molecule has 31 heavy (non-hydrogen) atoms. The Balaban J connectivity index is 2.74. The van der Waals surface area contributed by atoms with Crippen molar-refractivity contribution in [2.45, 2.75) is 71.1 Å². The number of esters is 3. The molecule has 1 heterocycles. The highest BCUT2D eigenvalue weighted by Gasteiger charge is 2.65. The highest BCUT2D eigenvalue weighted by atomic mass is 16.7. The van der Waals surface area contributed by atoms with E-state index in [9.17, 15) is 29.4 Å². The number of fused-ring (bicyclic) bond motifs is 1. The Morgan fingerprint density at radius 3 is 2.48 bits per heavy atom. The summed E-state index contributed by atoms with van der Waals surface area (Å²) >= 11 is 0. The van der Waals surface area contributed by atoms with E-state index in [-0.39, 0.29) is 30.3 Å². The van der Waals surface area contributed by atoms with Crippen LogP contribution in [0.5, 0.6) is 0 Å². The summed E-state index contributed by atoms with van der Waals surface area (Å²) in [6.45, 7) is 11.0. The van der Waals surface area contributed by atoms with Crippen molar-refractivity contribution in [3.05, 3.63) is 24.3 Å². The van der Waals surface area contributed by atoms with Gasteiger partial charge in [-0.2, -0.15) is 0 Å². The molecule has 0 radical (unpaired) electrons. The van der Waals surface area contributed by atoms with Crippen molar-refractivity contribution in [3.8, 4) is 0 Å². The second-order valence-electron chi connectivity index (χ2n) is 8.84. The van der Waals surface area contributed by atoms with E-state index in [4.69, 9.17) is 14.2 Å². The van der Waals surface area contributed by atoms with Gasteiger partial charge >= 0.3 is 17.9 Å². The molecular weight excluding hydrogens is 408 g/mol. The fourth-order valence-corrected chi connectivity index (χ4v) is 3.93. The topological polar surface area (TPSA) is 136 Å². The Hall–Kier alpha value is -2.52. The lowest BCUT2D eigenvalue weighted by Crippen LogP contribution is -2.66. The number of allylic oxidation sites excluding steroid dienone is 1. The lowest BCUT2D eigenvalue weighted by molar-refractivity contribution is -0.300. The molecule has 2 aliphatic rings. The number of ketones is 1. The lowest BCUT2D eigenvalue weighted by atomic mass is 9.75. The summed E-state index contributed by atoms with van der Waals surface area (Å²) in [5.74, 6) is -8.14. The summed E-state index contributed by atoms with van der Waals surface area (Å²) in [4.78, 5) is 49.6. The van der Waals surface area contributed by atoms with Crippen LogP contribution in [0.2, 0.25) is 0 Å². The molecule has 9 heteroatoms. The van der Waals surface area contributed by atoms with Crippen molar-refractivity contribution >= 4 is 23.7 Å². The zero-order valence-electron chi connectivity index (χ0n) is 18.4. The van der Waals surface area contributed by atoms with Gasteiger partial charge in [-0.1, -0.05) is 33.4 Å². The molecule has 0 bridgehead atoms. The van der Waals surface area contributed by atoms with Crippen molar-refractivity contribution < 1.29 is 43.6 Å². The van der Waals surface area contributed by atoms with Crippen molar-refractivity contribution in [3.63, 3.8) is 0 Å². The van der Waals surface area contributed by atoms with Crippen LogP contribution in [-0.4, -0.2) is 57.5 Å². The molecule has 2 rings (SSSR count). The smallest absolute Gasteiger partial charge is 0.334 e. The van der Waals surface area contributed by atoms with Crippen LogP contribution >= 0.6 is 0 Å². The third kappa shape index (κ3) is 5.04. The first-order chi connectivity index (χ1) is 14.2. The Bertz CT molecular complexity index is 810. The van der Waals surface area contributed by atoms with Crippen molar-refractivity contribution in [1.82, 2.24) is 0 Å². The van der Waals surface area contributed by atoms with E-state index in [1.807, 2.05) is 0 Å². The van der Waals surface area contributed by atoms with Crippen LogP contribution in [0.3, 0.4) is 0 Å². The standard InChI is InChI=1S/C22H30O9/c1-11(2)9-17(25)31-22(28)18-13(4)19(26)30-15(18)10-12(3)7-8-16(24)21(6,27)20(22)29-14(5)23/h7-8,11-12,15,18,20,27-28H,4,9-10H2,1-3,5-6H3/b8-7-/t12?,15-,18+,20?,21+,22+/m1/s1. The van der Waals surface area contributed by atoms with Crippen LogP contribution in [-0.2, 0) is 33.4 Å². The third-order valence-electron chi connectivity index (χ3n) is 5.41. The maximum atomic E-state index is 12.8. The van der Waals surface area contributed by atoms with Crippen LogP contribution in [0, 0.1) is 17.8 Å². The van der Waals surface area contributed by atoms with Gasteiger partial charge in [0.1, 0.15) is 6.10 Å². The molecule has 1 aliphatic heterocycles. The molecule has 1 saturated heterocycles. The van der Waals surface area contributed by atoms with Crippen LogP contribution in [0.25, 0.3) is 0 Å². The summed E-state index contributed by atoms with van der Waals surface area (Å²) in [6, 6.07) is 0. The predicted molar refractivity (Wildman–Crippen MR) is 107 cm³/mol. The first-order valence-corrected chi connectivity index (χ1v) is 10.2. The van der Waals surface area contributed by atoms with E-state index in [0.717, 1.165) is 19.9 Å². The van der Waals surface area contributed by atoms with Gasteiger partial charge in [0, 0.05) is 18.9 Å². The van der Waals surface area contributed by atoms with Crippen molar-refractivity contribution in [2.75, 3.05) is 0 Å². The number of hydrogen-bond donors (Lipinski definition) is 2. The zero-order chi connectivity index (χ0) is 23.7. The molecule has 0 aromatic heterocycles. The number of aliphatic hydroxyl groups is 2. The predicted octanol–water partition coefficient (Wildman–Crippen LogP) is 1.21. The fraction of sp³-hybridized carbons (Fsp3) is 0.636. The van der Waals surface area contributed by atoms with E-state index in [2.05, 4.69) is 6.58 Å². The zero-order valence-corrected chi connectivity index (χ0v) is 18.4. The van der Waals surface area contributed by atoms with Crippen molar-refractivity contribution in [2.24, 2.45) is 17.8 Å². The maximum absolute atomic E-state index is 12.8. The molecule has 0 aromatic carbocycles. The second-order valence-corrected chi connectivity index (χ2v) is 8.84. The van der Waals surface area contributed by atoms with Gasteiger partial charge in [0.15, 0.2) is 11.4 Å². The summed E-state index contributed by atoms with van der Waals surface area (Å²) in [7, 11) is 0. The number of ether oxygens (including phenoxy) is 3. The SMILES string of the molecule is C=C1C(=O)O[C@@H]2CC(C)/C=C\C(=O)[C@](C)(O)C(OC(C)=O)[C@@](O)(OC(=O)CC(C)C)[C@@H]12. The highest BCUT2D eigenvalue weighted by Crippen LogP contribution is 2.45. The number of rotatable bonds is 4. The Morgan fingerprint density at radius 2 is 1.94 bits per heavy atom. The maximum Gasteiger partial charge on any atom is 0.334 e. The molecule has 0 amide bonds. The normalized spacial score (nSPS) is 37.1. The van der Waals surface area contributed by atoms with E-state index in [1.165, 1.54) is 6.08 Å². The Morgan fingerprint density at radius 1 is 1.32 bits per heavy atom. The molecule has 0 saturated carbocycles. The minimum absolute atomic E-state index is 0.111. The van der Waals surface area contributed by atoms with Gasteiger partial charge in [-0.3, -0.25) is 14.4 Å². The first kappa shape index (κ1) is 24.7. The monoisotopic (exact) mass is 438 g/mol. The Kier molecular flexibility index (Phi) is 7.12. The van der Waals surface area contributed by atoms with Crippen LogP contribution in [0.4, 0.5) is 0 Å². The lowest BCUT2D eigenvalue weighted by Gasteiger charge is -2.45. The number of hydrogen-bond acceptors (Lipinski definition) is 9. The van der Waals surface area contributed by atoms with Gasteiger partial charge in [-0.25, -0.2) is 4.79 Å². The molecule has 2 unspecified atom stereocenters. The summed E-state index contributed by atoms with van der Waals surface area (Å²) in [5, 5.41) is 22.8. The minimum atomic E-state index is -2.80. The summed E-state index contributed by atoms with van der Waals surface area (Å²) in [6.07, 6.45) is -0.388. The van der Waals surface area contributed by atoms with Gasteiger partial charge in [0.05, 0.1) is 5.92 Å². The molecular formula is C22H30O9. The molecule has 9 nitrogen and oxygen atoms in total. The van der Waals surface area contributed by atoms with Crippen LogP contribution in [0.15, 0.2) is 24.3 Å². The fourth-order valence-electron chi connectivity index (χ4n) is 3.93. The average molecular weight is 438 g/mol. The van der Waals surface area contributed by atoms with Crippen LogP contribution in [0.1, 0.15) is 47.5 Å². The molecule has 1 aliphatic carbocycles. The Labute approximate surface area is 181 Å². The molecule has 1 fully saturated rings. The number of carbonyl (C=O) groups is 4. The van der Waals surface area contributed by atoms with Crippen LogP contribution < -0.4 is 0 Å². The van der Waals surface area contributed by atoms with E-state index < -0.39 is 53.2 Å². The number of carbonyl (C=O) groups excluding carboxylic acids is 4.